The van der Waals surface area contributed by atoms with Crippen molar-refractivity contribution in [2.45, 2.75) is 32.6 Å². The number of halogens is 1. The van der Waals surface area contributed by atoms with Crippen molar-refractivity contribution < 1.29 is 4.39 Å². The van der Waals surface area contributed by atoms with E-state index in [0.717, 1.165) is 12.8 Å². The molecule has 0 bridgehead atoms. The van der Waals surface area contributed by atoms with Crippen molar-refractivity contribution in [3.05, 3.63) is 35.6 Å². The number of benzene rings is 1. The van der Waals surface area contributed by atoms with E-state index in [9.17, 15) is 4.39 Å². The van der Waals surface area contributed by atoms with Crippen LogP contribution in [0.3, 0.4) is 0 Å². The highest BCUT2D eigenvalue weighted by atomic mass is 19.1. The molecule has 0 saturated carbocycles. The zero-order valence-corrected chi connectivity index (χ0v) is 9.54. The lowest BCUT2D eigenvalue weighted by molar-refractivity contribution is 0.479. The van der Waals surface area contributed by atoms with Crippen molar-refractivity contribution in [3.63, 3.8) is 0 Å². The summed E-state index contributed by atoms with van der Waals surface area (Å²) >= 11 is 0. The van der Waals surface area contributed by atoms with Gasteiger partial charge in [0.1, 0.15) is 5.82 Å². The lowest BCUT2D eigenvalue weighted by atomic mass is 9.88. The Morgan fingerprint density at radius 1 is 1.20 bits per heavy atom. The first-order valence-electron chi connectivity index (χ1n) is 5.59. The largest absolute Gasteiger partial charge is 0.330 e. The minimum atomic E-state index is -0.171. The molecule has 0 heterocycles. The molecule has 1 atom stereocenters. The molecule has 2 N–H and O–H groups in total. The highest BCUT2D eigenvalue weighted by molar-refractivity contribution is 5.20. The summed E-state index contributed by atoms with van der Waals surface area (Å²) in [6.07, 6.45) is 2.09. The Morgan fingerprint density at radius 3 is 2.27 bits per heavy atom. The van der Waals surface area contributed by atoms with Crippen LogP contribution in [0.1, 0.15) is 38.2 Å². The van der Waals surface area contributed by atoms with Crippen molar-refractivity contribution in [1.29, 1.82) is 0 Å². The van der Waals surface area contributed by atoms with Crippen LogP contribution in [-0.4, -0.2) is 6.54 Å². The predicted octanol–water partition coefficient (Wildman–Crippen LogP) is 3.30. The third-order valence-electron chi connectivity index (χ3n) is 2.61. The highest BCUT2D eigenvalue weighted by Gasteiger charge is 2.12. The molecule has 0 fully saturated rings. The minimum absolute atomic E-state index is 0.171. The fourth-order valence-electron chi connectivity index (χ4n) is 1.93. The highest BCUT2D eigenvalue weighted by Crippen LogP contribution is 2.26. The van der Waals surface area contributed by atoms with Crippen molar-refractivity contribution in [3.8, 4) is 0 Å². The predicted molar refractivity (Wildman–Crippen MR) is 62.3 cm³/mol. The Hall–Kier alpha value is -0.890. The van der Waals surface area contributed by atoms with Crippen LogP contribution in [0.2, 0.25) is 0 Å². The molecule has 0 aromatic heterocycles. The van der Waals surface area contributed by atoms with Crippen LogP contribution < -0.4 is 5.73 Å². The van der Waals surface area contributed by atoms with Crippen LogP contribution in [0.4, 0.5) is 4.39 Å². The molecule has 1 aromatic carbocycles. The minimum Gasteiger partial charge on any atom is -0.330 e. The third-order valence-corrected chi connectivity index (χ3v) is 2.61. The Kier molecular flexibility index (Phi) is 4.76. The Bertz CT molecular complexity index is 279. The molecule has 0 aliphatic rings. The number of hydrogen-bond donors (Lipinski definition) is 1. The maximum atomic E-state index is 12.8. The van der Waals surface area contributed by atoms with Crippen molar-refractivity contribution in [2.24, 2.45) is 11.7 Å². The molecule has 2 heteroatoms. The van der Waals surface area contributed by atoms with E-state index in [2.05, 4.69) is 13.8 Å². The molecule has 1 nitrogen and oxygen atoms in total. The van der Waals surface area contributed by atoms with Gasteiger partial charge >= 0.3 is 0 Å². The third kappa shape index (κ3) is 4.00. The molecule has 1 aromatic rings. The zero-order valence-electron chi connectivity index (χ0n) is 9.54. The van der Waals surface area contributed by atoms with Crippen molar-refractivity contribution in [1.82, 2.24) is 0 Å². The molecule has 0 aliphatic heterocycles. The Balaban J connectivity index is 2.74. The molecule has 0 amide bonds. The molecular weight excluding hydrogens is 189 g/mol. The van der Waals surface area contributed by atoms with E-state index in [1.54, 1.807) is 0 Å². The Morgan fingerprint density at radius 2 is 1.80 bits per heavy atom. The van der Waals surface area contributed by atoms with Crippen molar-refractivity contribution >= 4 is 0 Å². The average Bonchev–Trinajstić information content (AvgIpc) is 2.17. The van der Waals surface area contributed by atoms with Gasteiger partial charge in [-0.3, -0.25) is 0 Å². The van der Waals surface area contributed by atoms with Gasteiger partial charge in [0.25, 0.3) is 0 Å². The monoisotopic (exact) mass is 209 g/mol. The fraction of sp³-hybridized carbons (Fsp3) is 0.538. The zero-order chi connectivity index (χ0) is 11.3. The van der Waals surface area contributed by atoms with Crippen LogP contribution in [0.5, 0.6) is 0 Å². The van der Waals surface area contributed by atoms with Crippen molar-refractivity contribution in [2.75, 3.05) is 6.54 Å². The fourth-order valence-corrected chi connectivity index (χ4v) is 1.93. The summed E-state index contributed by atoms with van der Waals surface area (Å²) in [6, 6.07) is 6.80. The molecule has 0 radical (unpaired) electrons. The summed E-state index contributed by atoms with van der Waals surface area (Å²) in [4.78, 5) is 0. The summed E-state index contributed by atoms with van der Waals surface area (Å²) in [6.45, 7) is 5.09. The van der Waals surface area contributed by atoms with Gasteiger partial charge in [0.2, 0.25) is 0 Å². The molecule has 15 heavy (non-hydrogen) atoms. The molecule has 0 aliphatic carbocycles. The van der Waals surface area contributed by atoms with E-state index < -0.39 is 0 Å². The second-order valence-electron chi connectivity index (χ2n) is 4.46. The first kappa shape index (κ1) is 12.2. The first-order chi connectivity index (χ1) is 7.13. The van der Waals surface area contributed by atoms with Crippen LogP contribution in [0, 0.1) is 11.7 Å². The van der Waals surface area contributed by atoms with Gasteiger partial charge < -0.3 is 5.73 Å². The molecule has 0 spiro atoms. The molecule has 1 unspecified atom stereocenters. The normalized spacial score (nSPS) is 13.1. The molecule has 0 saturated heterocycles. The maximum absolute atomic E-state index is 12.8. The first-order valence-corrected chi connectivity index (χ1v) is 5.59. The second kappa shape index (κ2) is 5.86. The summed E-state index contributed by atoms with van der Waals surface area (Å²) in [5.74, 6) is 0.942. The van der Waals surface area contributed by atoms with Gasteiger partial charge in [-0.15, -0.1) is 0 Å². The number of rotatable bonds is 5. The average molecular weight is 209 g/mol. The molecule has 1 rings (SSSR count). The quantitative estimate of drug-likeness (QED) is 0.791. The lowest BCUT2D eigenvalue weighted by Gasteiger charge is -2.18. The summed E-state index contributed by atoms with van der Waals surface area (Å²) < 4.78 is 12.8. The van der Waals surface area contributed by atoms with Gasteiger partial charge in [-0.1, -0.05) is 26.0 Å². The molecular formula is C13H20FN. The van der Waals surface area contributed by atoms with Crippen LogP contribution in [-0.2, 0) is 0 Å². The lowest BCUT2D eigenvalue weighted by Crippen LogP contribution is -2.09. The molecule has 84 valence electrons. The summed E-state index contributed by atoms with van der Waals surface area (Å²) in [7, 11) is 0. The number of hydrogen-bond acceptors (Lipinski definition) is 1. The van der Waals surface area contributed by atoms with E-state index in [1.807, 2.05) is 12.1 Å². The maximum Gasteiger partial charge on any atom is 0.123 e. The summed E-state index contributed by atoms with van der Waals surface area (Å²) in [5.41, 5.74) is 6.80. The summed E-state index contributed by atoms with van der Waals surface area (Å²) in [5, 5.41) is 0. The van der Waals surface area contributed by atoms with Gasteiger partial charge in [-0.05, 0) is 48.9 Å². The van der Waals surface area contributed by atoms with Crippen LogP contribution in [0.15, 0.2) is 24.3 Å². The topological polar surface area (TPSA) is 26.0 Å². The van der Waals surface area contributed by atoms with Gasteiger partial charge in [0.05, 0.1) is 0 Å². The van der Waals surface area contributed by atoms with E-state index in [4.69, 9.17) is 5.73 Å². The van der Waals surface area contributed by atoms with Gasteiger partial charge in [-0.2, -0.15) is 0 Å². The van der Waals surface area contributed by atoms with Crippen LogP contribution >= 0.6 is 0 Å². The van der Waals surface area contributed by atoms with E-state index in [0.29, 0.717) is 18.4 Å². The smallest absolute Gasteiger partial charge is 0.123 e. The van der Waals surface area contributed by atoms with Gasteiger partial charge in [0.15, 0.2) is 0 Å². The van der Waals surface area contributed by atoms with E-state index in [-0.39, 0.29) is 5.82 Å². The second-order valence-corrected chi connectivity index (χ2v) is 4.46. The van der Waals surface area contributed by atoms with Gasteiger partial charge in [-0.25, -0.2) is 4.39 Å². The van der Waals surface area contributed by atoms with Crippen LogP contribution in [0.25, 0.3) is 0 Å². The SMILES string of the molecule is CC(C)CC(CCN)c1ccc(F)cc1. The Labute approximate surface area is 91.5 Å². The standard InChI is InChI=1S/C13H20FN/c1-10(2)9-12(7-8-15)11-3-5-13(14)6-4-11/h3-6,10,12H,7-9,15H2,1-2H3. The van der Waals surface area contributed by atoms with E-state index >= 15 is 0 Å². The number of nitrogens with two attached hydrogens (primary N) is 1. The van der Waals surface area contributed by atoms with Gasteiger partial charge in [0, 0.05) is 0 Å². The van der Waals surface area contributed by atoms with E-state index in [1.165, 1.54) is 17.7 Å².